The van der Waals surface area contributed by atoms with Crippen molar-refractivity contribution in [3.8, 4) is 6.07 Å². The highest BCUT2D eigenvalue weighted by Crippen LogP contribution is 2.32. The summed E-state index contributed by atoms with van der Waals surface area (Å²) in [7, 11) is -3.94. The Bertz CT molecular complexity index is 1380. The lowest BCUT2D eigenvalue weighted by Crippen LogP contribution is -2.52. The average molecular weight is 474 g/mol. The van der Waals surface area contributed by atoms with E-state index in [1.807, 2.05) is 49.4 Å². The Labute approximate surface area is 200 Å². The lowest BCUT2D eigenvalue weighted by molar-refractivity contribution is -0.125. The highest BCUT2D eigenvalue weighted by Gasteiger charge is 2.40. The number of nitriles is 1. The summed E-state index contributed by atoms with van der Waals surface area (Å²) < 4.78 is 29.2. The van der Waals surface area contributed by atoms with Crippen LogP contribution in [0, 0.1) is 32.1 Å². The van der Waals surface area contributed by atoms with E-state index in [9.17, 15) is 13.2 Å². The minimum atomic E-state index is -3.94. The molecule has 174 valence electrons. The van der Waals surface area contributed by atoms with Crippen molar-refractivity contribution in [1.82, 2.24) is 9.62 Å². The number of hydrogen-bond acceptors (Lipinski definition) is 4. The van der Waals surface area contributed by atoms with Crippen LogP contribution in [-0.4, -0.2) is 24.7 Å². The van der Waals surface area contributed by atoms with E-state index in [0.29, 0.717) is 23.1 Å². The summed E-state index contributed by atoms with van der Waals surface area (Å²) in [5.74, 6) is -0.358. The lowest BCUT2D eigenvalue weighted by atomic mass is 9.95. The molecule has 3 aromatic carbocycles. The predicted octanol–water partition coefficient (Wildman–Crippen LogP) is 3.92. The Kier molecular flexibility index (Phi) is 6.56. The van der Waals surface area contributed by atoms with Crippen molar-refractivity contribution in [3.63, 3.8) is 0 Å². The monoisotopic (exact) mass is 473 g/mol. The van der Waals surface area contributed by atoms with Gasteiger partial charge >= 0.3 is 0 Å². The summed E-state index contributed by atoms with van der Waals surface area (Å²) in [6.07, 6.45) is 0.295. The zero-order chi connectivity index (χ0) is 24.5. The molecule has 6 nitrogen and oxygen atoms in total. The Hall–Kier alpha value is -3.47. The van der Waals surface area contributed by atoms with Crippen molar-refractivity contribution in [2.75, 3.05) is 0 Å². The van der Waals surface area contributed by atoms with E-state index >= 15 is 0 Å². The quantitative estimate of drug-likeness (QED) is 0.608. The van der Waals surface area contributed by atoms with Crippen LogP contribution >= 0.6 is 0 Å². The van der Waals surface area contributed by atoms with Crippen molar-refractivity contribution in [1.29, 1.82) is 5.26 Å². The average Bonchev–Trinajstić information content (AvgIpc) is 2.81. The molecule has 1 amide bonds. The zero-order valence-electron chi connectivity index (χ0n) is 19.5. The largest absolute Gasteiger partial charge is 0.351 e. The van der Waals surface area contributed by atoms with Gasteiger partial charge in [-0.05, 0) is 67.1 Å². The number of carbonyl (C=O) groups excluding carboxylic acids is 1. The third-order valence-corrected chi connectivity index (χ3v) is 8.36. The molecule has 3 aromatic rings. The summed E-state index contributed by atoms with van der Waals surface area (Å²) in [6, 6.07) is 19.6. The van der Waals surface area contributed by atoms with Crippen LogP contribution in [0.2, 0.25) is 0 Å². The van der Waals surface area contributed by atoms with Gasteiger partial charge < -0.3 is 5.32 Å². The maximum Gasteiger partial charge on any atom is 0.244 e. The minimum absolute atomic E-state index is 0.132. The molecule has 1 N–H and O–H groups in total. The fourth-order valence-corrected chi connectivity index (χ4v) is 6.70. The smallest absolute Gasteiger partial charge is 0.244 e. The summed E-state index contributed by atoms with van der Waals surface area (Å²) >= 11 is 0. The van der Waals surface area contributed by atoms with Crippen molar-refractivity contribution < 1.29 is 13.2 Å². The zero-order valence-corrected chi connectivity index (χ0v) is 20.3. The molecule has 0 aromatic heterocycles. The maximum absolute atomic E-state index is 13.9. The van der Waals surface area contributed by atoms with Crippen molar-refractivity contribution in [3.05, 3.63) is 99.6 Å². The van der Waals surface area contributed by atoms with Gasteiger partial charge in [0.25, 0.3) is 0 Å². The Morgan fingerprint density at radius 1 is 1.03 bits per heavy atom. The van der Waals surface area contributed by atoms with Crippen molar-refractivity contribution in [2.45, 2.75) is 51.2 Å². The van der Waals surface area contributed by atoms with Gasteiger partial charge in [0, 0.05) is 13.1 Å². The van der Waals surface area contributed by atoms with Gasteiger partial charge in [0.2, 0.25) is 15.9 Å². The van der Waals surface area contributed by atoms with E-state index in [1.54, 1.807) is 32.0 Å². The molecule has 1 unspecified atom stereocenters. The van der Waals surface area contributed by atoms with Gasteiger partial charge in [-0.3, -0.25) is 4.79 Å². The molecule has 1 heterocycles. The highest BCUT2D eigenvalue weighted by molar-refractivity contribution is 7.89. The fourth-order valence-electron chi connectivity index (χ4n) is 4.72. The molecule has 1 atom stereocenters. The molecule has 1 aliphatic rings. The van der Waals surface area contributed by atoms with Crippen LogP contribution in [0.15, 0.2) is 65.6 Å². The Morgan fingerprint density at radius 2 is 1.71 bits per heavy atom. The summed E-state index contributed by atoms with van der Waals surface area (Å²) in [5, 5.41) is 12.0. The Morgan fingerprint density at radius 3 is 2.38 bits per heavy atom. The number of amides is 1. The van der Waals surface area contributed by atoms with Gasteiger partial charge in [0.05, 0.1) is 16.5 Å². The number of nitrogens with one attached hydrogen (secondary N) is 1. The molecular formula is C27H27N3O3S. The normalized spacial score (nSPS) is 15.9. The highest BCUT2D eigenvalue weighted by atomic mass is 32.2. The van der Waals surface area contributed by atoms with Crippen LogP contribution in [0.1, 0.15) is 38.9 Å². The summed E-state index contributed by atoms with van der Waals surface area (Å²) in [6.45, 7) is 5.87. The molecule has 0 fully saturated rings. The molecule has 34 heavy (non-hydrogen) atoms. The van der Waals surface area contributed by atoms with E-state index < -0.39 is 16.1 Å². The van der Waals surface area contributed by atoms with Crippen molar-refractivity contribution in [2.24, 2.45) is 0 Å². The molecule has 7 heteroatoms. The van der Waals surface area contributed by atoms with Crippen LogP contribution in [0.4, 0.5) is 0 Å². The van der Waals surface area contributed by atoms with E-state index in [4.69, 9.17) is 5.26 Å². The third kappa shape index (κ3) is 4.60. The molecule has 0 saturated carbocycles. The molecule has 0 radical (unpaired) electrons. The van der Waals surface area contributed by atoms with Gasteiger partial charge in [-0.2, -0.15) is 9.57 Å². The molecular weight excluding hydrogens is 446 g/mol. The molecule has 0 bridgehead atoms. The first kappa shape index (κ1) is 23.7. The van der Waals surface area contributed by atoms with E-state index in [2.05, 4.69) is 11.4 Å². The van der Waals surface area contributed by atoms with Gasteiger partial charge in [0.15, 0.2) is 0 Å². The van der Waals surface area contributed by atoms with Gasteiger partial charge in [-0.1, -0.05) is 54.1 Å². The van der Waals surface area contributed by atoms with E-state index in [1.165, 1.54) is 4.31 Å². The molecule has 4 rings (SSSR count). The van der Waals surface area contributed by atoms with Crippen LogP contribution in [0.3, 0.4) is 0 Å². The number of sulfonamides is 1. The van der Waals surface area contributed by atoms with Gasteiger partial charge in [-0.15, -0.1) is 0 Å². The minimum Gasteiger partial charge on any atom is -0.351 e. The first-order chi connectivity index (χ1) is 16.2. The van der Waals surface area contributed by atoms with Crippen LogP contribution < -0.4 is 5.32 Å². The maximum atomic E-state index is 13.9. The first-order valence-corrected chi connectivity index (χ1v) is 12.6. The number of aryl methyl sites for hydroxylation is 3. The molecule has 0 saturated heterocycles. The topological polar surface area (TPSA) is 90.3 Å². The summed E-state index contributed by atoms with van der Waals surface area (Å²) in [5.41, 5.74) is 5.49. The lowest BCUT2D eigenvalue weighted by Gasteiger charge is -2.35. The predicted molar refractivity (Wildman–Crippen MR) is 130 cm³/mol. The second-order valence-electron chi connectivity index (χ2n) is 8.80. The number of hydrogen-bond donors (Lipinski definition) is 1. The van der Waals surface area contributed by atoms with E-state index in [-0.39, 0.29) is 23.9 Å². The van der Waals surface area contributed by atoms with Crippen LogP contribution in [0.25, 0.3) is 0 Å². The van der Waals surface area contributed by atoms with E-state index in [0.717, 1.165) is 22.3 Å². The fraction of sp³-hybridized carbons (Fsp3) is 0.259. The second kappa shape index (κ2) is 9.41. The molecule has 1 aliphatic heterocycles. The number of carbonyl (C=O) groups is 1. The number of nitrogens with zero attached hydrogens (tertiary/aromatic N) is 2. The van der Waals surface area contributed by atoms with Crippen LogP contribution in [-0.2, 0) is 34.3 Å². The Balaban J connectivity index is 1.69. The number of benzene rings is 3. The molecule has 0 spiro atoms. The third-order valence-electron chi connectivity index (χ3n) is 6.20. The standard InChI is InChI=1S/C27H27N3O3S/c1-18-11-19(2)26(20(3)12-18)34(32,33)30-17-24-10-5-4-9-23(24)14-25(30)27(31)29-16-22-8-6-7-21(13-22)15-28/h4-13,25H,14,16-17H2,1-3H3,(H,29,31). The van der Waals surface area contributed by atoms with Gasteiger partial charge in [-0.25, -0.2) is 8.42 Å². The molecule has 0 aliphatic carbocycles. The second-order valence-corrected chi connectivity index (χ2v) is 10.6. The number of fused-ring (bicyclic) bond motifs is 1. The van der Waals surface area contributed by atoms with Crippen LogP contribution in [0.5, 0.6) is 0 Å². The first-order valence-electron chi connectivity index (χ1n) is 11.1. The summed E-state index contributed by atoms with van der Waals surface area (Å²) in [4.78, 5) is 13.6. The number of rotatable bonds is 5. The van der Waals surface area contributed by atoms with Crippen molar-refractivity contribution >= 4 is 15.9 Å². The van der Waals surface area contributed by atoms with Gasteiger partial charge in [0.1, 0.15) is 6.04 Å². The SMILES string of the molecule is Cc1cc(C)c(S(=O)(=O)N2Cc3ccccc3CC2C(=O)NCc2cccc(C#N)c2)c(C)c1.